The molecule has 1 aliphatic carbocycles. The minimum Gasteiger partial charge on any atom is -0.328 e. The molecule has 0 bridgehead atoms. The summed E-state index contributed by atoms with van der Waals surface area (Å²) in [4.78, 5) is 4.88. The van der Waals surface area contributed by atoms with E-state index in [1.807, 2.05) is 0 Å². The summed E-state index contributed by atoms with van der Waals surface area (Å²) in [6, 6.07) is 9.08. The Hall–Kier alpha value is -1.35. The second kappa shape index (κ2) is 6.61. The zero-order valence-electron chi connectivity index (χ0n) is 13.3. The van der Waals surface area contributed by atoms with E-state index < -0.39 is 0 Å². The molecule has 1 fully saturated rings. The average Bonchev–Trinajstić information content (AvgIpc) is 3.24. The van der Waals surface area contributed by atoms with Crippen LogP contribution >= 0.6 is 0 Å². The van der Waals surface area contributed by atoms with Crippen molar-refractivity contribution in [3.63, 3.8) is 0 Å². The molecule has 1 aromatic carbocycles. The van der Waals surface area contributed by atoms with Gasteiger partial charge in [-0.05, 0) is 44.4 Å². The molecular weight excluding hydrogens is 258 g/mol. The monoisotopic (exact) mass is 285 g/mol. The van der Waals surface area contributed by atoms with Gasteiger partial charge in [0.15, 0.2) is 0 Å². The van der Waals surface area contributed by atoms with Gasteiger partial charge in [-0.15, -0.1) is 0 Å². The molecule has 3 rings (SSSR count). The lowest BCUT2D eigenvalue weighted by atomic mass is 10.1. The van der Waals surface area contributed by atoms with Crippen LogP contribution in [0, 0.1) is 5.92 Å². The number of para-hydroxylation sites is 2. The molecule has 1 N–H and O–H groups in total. The summed E-state index contributed by atoms with van der Waals surface area (Å²) in [6.45, 7) is 6.57. The Kier molecular flexibility index (Phi) is 4.59. The Labute approximate surface area is 127 Å². The number of fused-ring (bicyclic) bond motifs is 1. The van der Waals surface area contributed by atoms with Crippen LogP contribution in [-0.2, 0) is 13.0 Å². The van der Waals surface area contributed by atoms with E-state index in [9.17, 15) is 0 Å². The van der Waals surface area contributed by atoms with E-state index in [0.29, 0.717) is 6.04 Å². The maximum atomic E-state index is 4.88. The van der Waals surface area contributed by atoms with E-state index >= 15 is 0 Å². The summed E-state index contributed by atoms with van der Waals surface area (Å²) in [5.74, 6) is 2.20. The van der Waals surface area contributed by atoms with Crippen molar-refractivity contribution in [2.75, 3.05) is 6.54 Å². The maximum absolute atomic E-state index is 4.88. The quantitative estimate of drug-likeness (QED) is 0.800. The third-order valence-corrected chi connectivity index (χ3v) is 4.48. The van der Waals surface area contributed by atoms with Crippen LogP contribution in [0.1, 0.15) is 45.4 Å². The van der Waals surface area contributed by atoms with E-state index in [-0.39, 0.29) is 0 Å². The molecule has 0 aliphatic heterocycles. The summed E-state index contributed by atoms with van der Waals surface area (Å²) in [5.41, 5.74) is 2.41. The molecule has 114 valence electrons. The first-order chi connectivity index (χ1) is 10.3. The molecule has 1 saturated carbocycles. The van der Waals surface area contributed by atoms with Gasteiger partial charge in [0.05, 0.1) is 11.0 Å². The first kappa shape index (κ1) is 14.6. The van der Waals surface area contributed by atoms with Gasteiger partial charge >= 0.3 is 0 Å². The number of nitrogens with zero attached hydrogens (tertiary/aromatic N) is 2. The minimum atomic E-state index is 0.583. The van der Waals surface area contributed by atoms with Crippen molar-refractivity contribution in [2.45, 2.75) is 58.5 Å². The highest BCUT2D eigenvalue weighted by molar-refractivity contribution is 5.75. The highest BCUT2D eigenvalue weighted by Crippen LogP contribution is 2.34. The molecule has 1 unspecified atom stereocenters. The maximum Gasteiger partial charge on any atom is 0.111 e. The van der Waals surface area contributed by atoms with Gasteiger partial charge in [0.2, 0.25) is 0 Å². The molecule has 3 heteroatoms. The van der Waals surface area contributed by atoms with E-state index in [4.69, 9.17) is 4.98 Å². The molecule has 1 heterocycles. The molecule has 21 heavy (non-hydrogen) atoms. The van der Waals surface area contributed by atoms with Crippen LogP contribution in [0.3, 0.4) is 0 Å². The molecule has 2 aromatic rings. The van der Waals surface area contributed by atoms with Crippen LogP contribution in [0.4, 0.5) is 0 Å². The lowest BCUT2D eigenvalue weighted by molar-refractivity contribution is 0.442. The first-order valence-electron chi connectivity index (χ1n) is 8.49. The summed E-state index contributed by atoms with van der Waals surface area (Å²) >= 11 is 0. The molecule has 0 spiro atoms. The molecule has 1 atom stereocenters. The van der Waals surface area contributed by atoms with E-state index in [0.717, 1.165) is 30.9 Å². The zero-order valence-corrected chi connectivity index (χ0v) is 13.3. The Morgan fingerprint density at radius 3 is 2.81 bits per heavy atom. The highest BCUT2D eigenvalue weighted by atomic mass is 15.1. The summed E-state index contributed by atoms with van der Waals surface area (Å²) in [6.07, 6.45) is 6.42. The van der Waals surface area contributed by atoms with Crippen molar-refractivity contribution in [3.05, 3.63) is 30.1 Å². The fourth-order valence-electron chi connectivity index (χ4n) is 3.20. The SMILES string of the molecule is CCCNC(Cc1nc2ccccc2n1CC)CC1CC1. The van der Waals surface area contributed by atoms with Crippen LogP contribution in [-0.4, -0.2) is 22.1 Å². The number of aryl methyl sites for hydroxylation is 1. The van der Waals surface area contributed by atoms with E-state index in [1.165, 1.54) is 37.0 Å². The predicted octanol–water partition coefficient (Wildman–Crippen LogP) is 3.77. The number of imidazole rings is 1. The predicted molar refractivity (Wildman–Crippen MR) is 88.5 cm³/mol. The number of aromatic nitrogens is 2. The van der Waals surface area contributed by atoms with Gasteiger partial charge in [-0.25, -0.2) is 4.98 Å². The van der Waals surface area contributed by atoms with Crippen molar-refractivity contribution >= 4 is 11.0 Å². The number of rotatable bonds is 8. The van der Waals surface area contributed by atoms with Crippen LogP contribution in [0.5, 0.6) is 0 Å². The largest absolute Gasteiger partial charge is 0.328 e. The standard InChI is InChI=1S/C18H27N3/c1-3-11-19-15(12-14-9-10-14)13-18-20-16-7-5-6-8-17(16)21(18)4-2/h5-8,14-15,19H,3-4,9-13H2,1-2H3. The van der Waals surface area contributed by atoms with Crippen molar-refractivity contribution < 1.29 is 0 Å². The van der Waals surface area contributed by atoms with Crippen LogP contribution in [0.2, 0.25) is 0 Å². The molecule has 0 radical (unpaired) electrons. The minimum absolute atomic E-state index is 0.583. The molecule has 3 nitrogen and oxygen atoms in total. The van der Waals surface area contributed by atoms with Crippen molar-refractivity contribution in [3.8, 4) is 0 Å². The van der Waals surface area contributed by atoms with Gasteiger partial charge in [-0.2, -0.15) is 0 Å². The number of hydrogen-bond acceptors (Lipinski definition) is 2. The molecule has 0 amide bonds. The molecule has 1 aliphatic rings. The fourth-order valence-corrected chi connectivity index (χ4v) is 3.20. The third-order valence-electron chi connectivity index (χ3n) is 4.48. The van der Waals surface area contributed by atoms with Gasteiger partial charge in [-0.3, -0.25) is 0 Å². The normalized spacial score (nSPS) is 16.5. The summed E-state index contributed by atoms with van der Waals surface area (Å²) < 4.78 is 2.38. The van der Waals surface area contributed by atoms with Gasteiger partial charge < -0.3 is 9.88 Å². The number of nitrogens with one attached hydrogen (secondary N) is 1. The molecular formula is C18H27N3. The molecule has 1 aromatic heterocycles. The second-order valence-electron chi connectivity index (χ2n) is 6.30. The van der Waals surface area contributed by atoms with Gasteiger partial charge in [0.1, 0.15) is 5.82 Å². The highest BCUT2D eigenvalue weighted by Gasteiger charge is 2.26. The smallest absolute Gasteiger partial charge is 0.111 e. The first-order valence-corrected chi connectivity index (χ1v) is 8.49. The topological polar surface area (TPSA) is 29.9 Å². The summed E-state index contributed by atoms with van der Waals surface area (Å²) in [5, 5.41) is 3.73. The fraction of sp³-hybridized carbons (Fsp3) is 0.611. The number of hydrogen-bond donors (Lipinski definition) is 1. The van der Waals surface area contributed by atoms with Crippen LogP contribution in [0.25, 0.3) is 11.0 Å². The summed E-state index contributed by atoms with van der Waals surface area (Å²) in [7, 11) is 0. The zero-order chi connectivity index (χ0) is 14.7. The van der Waals surface area contributed by atoms with Crippen LogP contribution < -0.4 is 5.32 Å². The Bertz CT molecular complexity index is 583. The average molecular weight is 285 g/mol. The molecule has 0 saturated heterocycles. The van der Waals surface area contributed by atoms with Gasteiger partial charge in [0.25, 0.3) is 0 Å². The van der Waals surface area contributed by atoms with Gasteiger partial charge in [0, 0.05) is 19.0 Å². The van der Waals surface area contributed by atoms with Crippen LogP contribution in [0.15, 0.2) is 24.3 Å². The van der Waals surface area contributed by atoms with Crippen molar-refractivity contribution in [1.82, 2.24) is 14.9 Å². The van der Waals surface area contributed by atoms with Crippen molar-refractivity contribution in [2.24, 2.45) is 5.92 Å². The van der Waals surface area contributed by atoms with Crippen molar-refractivity contribution in [1.29, 1.82) is 0 Å². The Morgan fingerprint density at radius 2 is 2.10 bits per heavy atom. The Morgan fingerprint density at radius 1 is 1.29 bits per heavy atom. The lowest BCUT2D eigenvalue weighted by Gasteiger charge is -2.18. The lowest BCUT2D eigenvalue weighted by Crippen LogP contribution is -2.33. The van der Waals surface area contributed by atoms with E-state index in [2.05, 4.69) is 48.0 Å². The van der Waals surface area contributed by atoms with E-state index in [1.54, 1.807) is 0 Å². The Balaban J connectivity index is 1.80. The third kappa shape index (κ3) is 3.46. The second-order valence-corrected chi connectivity index (χ2v) is 6.30. The number of benzene rings is 1. The van der Waals surface area contributed by atoms with Gasteiger partial charge in [-0.1, -0.05) is 31.9 Å².